The molecule has 0 radical (unpaired) electrons. The fraction of sp³-hybridized carbons (Fsp3) is 1.00. The summed E-state index contributed by atoms with van der Waals surface area (Å²) < 4.78 is 0. The van der Waals surface area contributed by atoms with Gasteiger partial charge < -0.3 is 15.3 Å². The molecule has 0 aliphatic heterocycles. The molecule has 0 spiro atoms. The Hall–Kier alpha value is -0.120. The van der Waals surface area contributed by atoms with Gasteiger partial charge in [0.2, 0.25) is 0 Å². The van der Waals surface area contributed by atoms with E-state index in [-0.39, 0.29) is 31.7 Å². The molecule has 13 heavy (non-hydrogen) atoms. The molecule has 0 aromatic heterocycles. The Morgan fingerprint density at radius 3 is 2.15 bits per heavy atom. The lowest BCUT2D eigenvalue weighted by molar-refractivity contribution is 0.113. The summed E-state index contributed by atoms with van der Waals surface area (Å²) in [5.74, 6) is 1.06. The molecule has 3 N–H and O–H groups in total. The van der Waals surface area contributed by atoms with Crippen LogP contribution in [0.15, 0.2) is 0 Å². The van der Waals surface area contributed by atoms with Crippen LogP contribution in [0.4, 0.5) is 0 Å². The average Bonchev–Trinajstić information content (AvgIpc) is 2.56. The van der Waals surface area contributed by atoms with Gasteiger partial charge in [0, 0.05) is 19.8 Å². The van der Waals surface area contributed by atoms with Crippen LogP contribution in [0.1, 0.15) is 25.7 Å². The zero-order valence-electron chi connectivity index (χ0n) is 8.02. The Balaban J connectivity index is 2.37. The first kappa shape index (κ1) is 11.0. The second kappa shape index (κ2) is 5.58. The topological polar surface area (TPSA) is 60.7 Å². The van der Waals surface area contributed by atoms with Crippen LogP contribution in [0.5, 0.6) is 0 Å². The van der Waals surface area contributed by atoms with E-state index in [4.69, 9.17) is 15.3 Å². The molecule has 0 aromatic carbocycles. The van der Waals surface area contributed by atoms with E-state index in [1.807, 2.05) is 0 Å². The molecule has 3 nitrogen and oxygen atoms in total. The molecule has 3 atom stereocenters. The first-order valence-electron chi connectivity index (χ1n) is 5.16. The van der Waals surface area contributed by atoms with Crippen LogP contribution in [0.3, 0.4) is 0 Å². The van der Waals surface area contributed by atoms with E-state index < -0.39 is 0 Å². The smallest absolute Gasteiger partial charge is 0.0465 e. The van der Waals surface area contributed by atoms with Crippen LogP contribution in [0, 0.1) is 17.8 Å². The van der Waals surface area contributed by atoms with E-state index in [1.54, 1.807) is 0 Å². The molecule has 0 bridgehead atoms. The van der Waals surface area contributed by atoms with Gasteiger partial charge in [-0.1, -0.05) is 0 Å². The van der Waals surface area contributed by atoms with Crippen molar-refractivity contribution in [1.29, 1.82) is 0 Å². The van der Waals surface area contributed by atoms with Gasteiger partial charge in [0.05, 0.1) is 0 Å². The highest BCUT2D eigenvalue weighted by Gasteiger charge is 2.34. The Morgan fingerprint density at radius 2 is 1.62 bits per heavy atom. The van der Waals surface area contributed by atoms with Crippen molar-refractivity contribution >= 4 is 0 Å². The van der Waals surface area contributed by atoms with Crippen molar-refractivity contribution in [2.24, 2.45) is 17.8 Å². The van der Waals surface area contributed by atoms with Crippen molar-refractivity contribution < 1.29 is 15.3 Å². The molecule has 1 aliphatic carbocycles. The van der Waals surface area contributed by atoms with E-state index >= 15 is 0 Å². The summed E-state index contributed by atoms with van der Waals surface area (Å²) in [7, 11) is 0. The predicted molar refractivity (Wildman–Crippen MR) is 50.2 cm³/mol. The van der Waals surface area contributed by atoms with Gasteiger partial charge in [-0.15, -0.1) is 0 Å². The molecule has 3 unspecified atom stereocenters. The number of aliphatic hydroxyl groups is 3. The molecule has 0 heterocycles. The molecular weight excluding hydrogens is 168 g/mol. The number of hydrogen-bond acceptors (Lipinski definition) is 3. The Kier molecular flexibility index (Phi) is 4.70. The molecule has 78 valence electrons. The van der Waals surface area contributed by atoms with Crippen LogP contribution in [-0.4, -0.2) is 35.1 Å². The van der Waals surface area contributed by atoms with Crippen LogP contribution in [0.2, 0.25) is 0 Å². The van der Waals surface area contributed by atoms with Crippen molar-refractivity contribution in [2.45, 2.75) is 25.7 Å². The van der Waals surface area contributed by atoms with Crippen molar-refractivity contribution in [3.63, 3.8) is 0 Å². The van der Waals surface area contributed by atoms with Gasteiger partial charge >= 0.3 is 0 Å². The van der Waals surface area contributed by atoms with Crippen molar-refractivity contribution in [1.82, 2.24) is 0 Å². The van der Waals surface area contributed by atoms with Crippen LogP contribution >= 0.6 is 0 Å². The molecule has 1 fully saturated rings. The maximum absolute atomic E-state index is 9.16. The first-order valence-corrected chi connectivity index (χ1v) is 5.16. The van der Waals surface area contributed by atoms with Gasteiger partial charge in [0.25, 0.3) is 0 Å². The summed E-state index contributed by atoms with van der Waals surface area (Å²) in [5.41, 5.74) is 0. The van der Waals surface area contributed by atoms with Crippen molar-refractivity contribution in [3.05, 3.63) is 0 Å². The lowest BCUT2D eigenvalue weighted by Crippen LogP contribution is -2.21. The highest BCUT2D eigenvalue weighted by atomic mass is 16.3. The summed E-state index contributed by atoms with van der Waals surface area (Å²) >= 11 is 0. The second-order valence-corrected chi connectivity index (χ2v) is 3.99. The minimum Gasteiger partial charge on any atom is -0.396 e. The third-order valence-electron chi connectivity index (χ3n) is 3.30. The van der Waals surface area contributed by atoms with Crippen LogP contribution in [0.25, 0.3) is 0 Å². The zero-order valence-corrected chi connectivity index (χ0v) is 8.02. The first-order chi connectivity index (χ1) is 6.33. The van der Waals surface area contributed by atoms with E-state index in [1.165, 1.54) is 0 Å². The molecule has 1 aliphatic rings. The fourth-order valence-electron chi connectivity index (χ4n) is 2.48. The van der Waals surface area contributed by atoms with Crippen molar-refractivity contribution in [2.75, 3.05) is 19.8 Å². The molecule has 0 saturated heterocycles. The summed E-state index contributed by atoms with van der Waals surface area (Å²) in [6.07, 6.45) is 3.92. The van der Waals surface area contributed by atoms with E-state index in [0.717, 1.165) is 25.7 Å². The van der Waals surface area contributed by atoms with E-state index in [0.29, 0.717) is 5.92 Å². The lowest BCUT2D eigenvalue weighted by Gasteiger charge is -2.21. The van der Waals surface area contributed by atoms with Crippen LogP contribution in [-0.2, 0) is 0 Å². The molecule has 0 aromatic rings. The van der Waals surface area contributed by atoms with Gasteiger partial charge in [-0.05, 0) is 43.4 Å². The van der Waals surface area contributed by atoms with Crippen molar-refractivity contribution in [3.8, 4) is 0 Å². The maximum atomic E-state index is 9.16. The number of hydrogen-bond donors (Lipinski definition) is 3. The van der Waals surface area contributed by atoms with Gasteiger partial charge in [-0.3, -0.25) is 0 Å². The third-order valence-corrected chi connectivity index (χ3v) is 3.30. The van der Waals surface area contributed by atoms with Gasteiger partial charge in [0.15, 0.2) is 0 Å². The number of aliphatic hydroxyl groups excluding tert-OH is 3. The average molecular weight is 188 g/mol. The third kappa shape index (κ3) is 2.66. The second-order valence-electron chi connectivity index (χ2n) is 3.99. The highest BCUT2D eigenvalue weighted by molar-refractivity contribution is 4.83. The maximum Gasteiger partial charge on any atom is 0.0465 e. The van der Waals surface area contributed by atoms with Crippen LogP contribution < -0.4 is 0 Å². The molecule has 0 amide bonds. The van der Waals surface area contributed by atoms with Gasteiger partial charge in [0.1, 0.15) is 0 Å². The minimum absolute atomic E-state index is 0.182. The minimum atomic E-state index is 0.182. The summed E-state index contributed by atoms with van der Waals surface area (Å²) in [6, 6.07) is 0. The normalized spacial score (nSPS) is 33.9. The monoisotopic (exact) mass is 188 g/mol. The summed E-state index contributed by atoms with van der Waals surface area (Å²) in [5, 5.41) is 26.9. The Bertz CT molecular complexity index is 138. The SMILES string of the molecule is OCCCC1CCC(CO)C1CO. The largest absolute Gasteiger partial charge is 0.396 e. The number of rotatable bonds is 5. The lowest BCUT2D eigenvalue weighted by atomic mass is 9.88. The van der Waals surface area contributed by atoms with E-state index in [9.17, 15) is 0 Å². The Morgan fingerprint density at radius 1 is 0.923 bits per heavy atom. The molecular formula is C10H20O3. The fourth-order valence-corrected chi connectivity index (χ4v) is 2.48. The molecule has 1 rings (SSSR count). The van der Waals surface area contributed by atoms with Gasteiger partial charge in [-0.2, -0.15) is 0 Å². The quantitative estimate of drug-likeness (QED) is 0.585. The molecule has 3 heteroatoms. The Labute approximate surface area is 79.4 Å². The predicted octanol–water partition coefficient (Wildman–Crippen LogP) is 0.386. The zero-order chi connectivity index (χ0) is 9.68. The van der Waals surface area contributed by atoms with Gasteiger partial charge in [-0.25, -0.2) is 0 Å². The molecule has 1 saturated carbocycles. The summed E-state index contributed by atoms with van der Waals surface area (Å²) in [6.45, 7) is 0.612. The highest BCUT2D eigenvalue weighted by Crippen LogP contribution is 2.38. The van der Waals surface area contributed by atoms with E-state index in [2.05, 4.69) is 0 Å². The standard InChI is InChI=1S/C10H20O3/c11-5-1-2-8-3-4-9(6-12)10(8)7-13/h8-13H,1-7H2. The summed E-state index contributed by atoms with van der Waals surface area (Å²) in [4.78, 5) is 0.